The third kappa shape index (κ3) is 4.96. The van der Waals surface area contributed by atoms with Crippen LogP contribution in [-0.2, 0) is 22.9 Å². The van der Waals surface area contributed by atoms with Gasteiger partial charge in [-0.1, -0.05) is 46.9 Å². The maximum atomic E-state index is 12.1. The molecule has 0 saturated heterocycles. The summed E-state index contributed by atoms with van der Waals surface area (Å²) in [5.41, 5.74) is -0.728. The zero-order chi connectivity index (χ0) is 18.5. The van der Waals surface area contributed by atoms with Crippen molar-refractivity contribution in [1.82, 2.24) is 0 Å². The summed E-state index contributed by atoms with van der Waals surface area (Å²) in [6, 6.07) is 3.45. The first-order chi connectivity index (χ1) is 11.1. The summed E-state index contributed by atoms with van der Waals surface area (Å²) in [7, 11) is 0. The molecule has 0 saturated carbocycles. The van der Waals surface area contributed by atoms with Crippen LogP contribution in [0.25, 0.3) is 0 Å². The van der Waals surface area contributed by atoms with Gasteiger partial charge in [-0.05, 0) is 13.8 Å². The number of rotatable bonds is 6. The maximum Gasteiger partial charge on any atom is 0.325 e. The van der Waals surface area contributed by atoms with E-state index in [2.05, 4.69) is 0 Å². The van der Waals surface area contributed by atoms with Gasteiger partial charge in [-0.3, -0.25) is 19.7 Å². The first-order valence-electron chi connectivity index (χ1n) is 6.82. The Hall–Kier alpha value is -1.57. The summed E-state index contributed by atoms with van der Waals surface area (Å²) >= 11 is 17.2. The van der Waals surface area contributed by atoms with Crippen LogP contribution in [0.5, 0.6) is 0 Å². The van der Waals surface area contributed by atoms with Crippen molar-refractivity contribution >= 4 is 52.4 Å². The predicted molar refractivity (Wildman–Crippen MR) is 88.3 cm³/mol. The van der Waals surface area contributed by atoms with E-state index in [4.69, 9.17) is 44.3 Å². The molecule has 0 unspecified atom stereocenters. The molecular weight excluding hydrogens is 385 g/mol. The smallest absolute Gasteiger partial charge is 0.325 e. The number of hydrogen-bond donors (Lipinski definition) is 0. The lowest BCUT2D eigenvalue weighted by atomic mass is 9.96. The lowest BCUT2D eigenvalue weighted by molar-refractivity contribution is -0.385. The second kappa shape index (κ2) is 8.50. The molecule has 0 heterocycles. The summed E-state index contributed by atoms with van der Waals surface area (Å²) in [4.78, 5) is 34.7. The highest BCUT2D eigenvalue weighted by Gasteiger charge is 2.38. The van der Waals surface area contributed by atoms with Crippen LogP contribution in [-0.4, -0.2) is 30.1 Å². The van der Waals surface area contributed by atoms with Crippen LogP contribution in [0.15, 0.2) is 18.2 Å². The molecule has 0 atom stereocenters. The van der Waals surface area contributed by atoms with Gasteiger partial charge in [0.25, 0.3) is 5.69 Å². The van der Waals surface area contributed by atoms with Gasteiger partial charge < -0.3 is 9.47 Å². The zero-order valence-corrected chi connectivity index (χ0v) is 15.0. The fraction of sp³-hybridized carbons (Fsp3) is 0.429. The van der Waals surface area contributed by atoms with Crippen LogP contribution >= 0.6 is 34.8 Å². The van der Waals surface area contributed by atoms with E-state index in [1.54, 1.807) is 13.8 Å². The molecule has 1 aromatic carbocycles. The van der Waals surface area contributed by atoms with Crippen molar-refractivity contribution in [2.24, 2.45) is 0 Å². The summed E-state index contributed by atoms with van der Waals surface area (Å²) < 4.78 is 7.74. The van der Waals surface area contributed by atoms with Gasteiger partial charge in [0.05, 0.1) is 23.7 Å². The largest absolute Gasteiger partial charge is 0.465 e. The Morgan fingerprint density at radius 3 is 2.04 bits per heavy atom. The molecule has 0 amide bonds. The molecule has 1 rings (SSSR count). The second-order valence-electron chi connectivity index (χ2n) is 4.47. The van der Waals surface area contributed by atoms with E-state index >= 15 is 0 Å². The highest BCUT2D eigenvalue weighted by atomic mass is 35.6. The summed E-state index contributed by atoms with van der Waals surface area (Å²) in [6.07, 6.45) is 0. The minimum Gasteiger partial charge on any atom is -0.465 e. The Morgan fingerprint density at radius 2 is 1.67 bits per heavy atom. The van der Waals surface area contributed by atoms with Gasteiger partial charge in [0.1, 0.15) is 0 Å². The van der Waals surface area contributed by atoms with Gasteiger partial charge in [0.15, 0.2) is 5.92 Å². The molecule has 0 spiro atoms. The maximum absolute atomic E-state index is 12.1. The van der Waals surface area contributed by atoms with E-state index in [0.29, 0.717) is 0 Å². The molecule has 7 nitrogen and oxygen atoms in total. The Kier molecular flexibility index (Phi) is 7.26. The number of halogens is 3. The second-order valence-corrected chi connectivity index (χ2v) is 6.75. The monoisotopic (exact) mass is 397 g/mol. The summed E-state index contributed by atoms with van der Waals surface area (Å²) in [5.74, 6) is -3.52. The number of esters is 2. The number of nitrogens with zero attached hydrogens (tertiary/aromatic N) is 1. The van der Waals surface area contributed by atoms with E-state index in [9.17, 15) is 19.7 Å². The Bertz CT molecular complexity index is 626. The molecule has 0 aliphatic carbocycles. The molecule has 10 heteroatoms. The van der Waals surface area contributed by atoms with Gasteiger partial charge in [-0.2, -0.15) is 0 Å². The number of nitro groups is 1. The quantitative estimate of drug-likeness (QED) is 0.239. The van der Waals surface area contributed by atoms with Crippen molar-refractivity contribution in [3.05, 3.63) is 39.4 Å². The number of ether oxygens (including phenoxy) is 2. The first kappa shape index (κ1) is 20.5. The van der Waals surface area contributed by atoms with Crippen LogP contribution < -0.4 is 0 Å². The van der Waals surface area contributed by atoms with E-state index in [-0.39, 0.29) is 24.3 Å². The Morgan fingerprint density at radius 1 is 1.17 bits per heavy atom. The number of hydrogen-bond acceptors (Lipinski definition) is 6. The zero-order valence-electron chi connectivity index (χ0n) is 12.8. The van der Waals surface area contributed by atoms with Crippen molar-refractivity contribution in [3.63, 3.8) is 0 Å². The minimum absolute atomic E-state index is 0.00519. The lowest BCUT2D eigenvalue weighted by Crippen LogP contribution is -2.27. The Labute approximate surface area is 152 Å². The van der Waals surface area contributed by atoms with Gasteiger partial charge >= 0.3 is 11.9 Å². The van der Waals surface area contributed by atoms with Gasteiger partial charge in [0.2, 0.25) is 3.79 Å². The third-order valence-electron chi connectivity index (χ3n) is 2.91. The Balaban J connectivity index is 3.48. The molecule has 1 aromatic rings. The number of benzene rings is 1. The average molecular weight is 399 g/mol. The van der Waals surface area contributed by atoms with Crippen LogP contribution in [0.3, 0.4) is 0 Å². The molecular formula is C14H14Cl3NO6. The van der Waals surface area contributed by atoms with Crippen molar-refractivity contribution in [1.29, 1.82) is 0 Å². The third-order valence-corrected chi connectivity index (χ3v) is 3.56. The van der Waals surface area contributed by atoms with Crippen molar-refractivity contribution in [2.75, 3.05) is 13.2 Å². The molecule has 0 aromatic heterocycles. The average Bonchev–Trinajstić information content (AvgIpc) is 2.47. The van der Waals surface area contributed by atoms with Crippen molar-refractivity contribution in [3.8, 4) is 0 Å². The fourth-order valence-corrected chi connectivity index (χ4v) is 2.28. The van der Waals surface area contributed by atoms with Crippen LogP contribution in [0.2, 0.25) is 0 Å². The van der Waals surface area contributed by atoms with E-state index < -0.39 is 32.3 Å². The van der Waals surface area contributed by atoms with E-state index in [0.717, 1.165) is 6.07 Å². The predicted octanol–water partition coefficient (Wildman–Crippen LogP) is 3.63. The first-order valence-corrected chi connectivity index (χ1v) is 7.95. The summed E-state index contributed by atoms with van der Waals surface area (Å²) in [6.45, 7) is 3.07. The molecule has 0 fully saturated rings. The number of carbonyl (C=O) groups excluding carboxylic acids is 2. The molecule has 24 heavy (non-hydrogen) atoms. The minimum atomic E-state index is -1.90. The molecule has 132 valence electrons. The van der Waals surface area contributed by atoms with E-state index in [1.165, 1.54) is 12.1 Å². The number of alkyl halides is 3. The highest BCUT2D eigenvalue weighted by Crippen LogP contribution is 2.41. The summed E-state index contributed by atoms with van der Waals surface area (Å²) in [5, 5.41) is 11.3. The van der Waals surface area contributed by atoms with Crippen LogP contribution in [0.1, 0.15) is 30.9 Å². The van der Waals surface area contributed by atoms with Crippen LogP contribution in [0, 0.1) is 10.1 Å². The molecule has 0 N–H and O–H groups in total. The van der Waals surface area contributed by atoms with Crippen molar-refractivity contribution < 1.29 is 24.0 Å². The van der Waals surface area contributed by atoms with E-state index in [1.807, 2.05) is 0 Å². The van der Waals surface area contributed by atoms with Gasteiger partial charge in [0, 0.05) is 11.6 Å². The fourth-order valence-electron chi connectivity index (χ4n) is 1.92. The van der Waals surface area contributed by atoms with Crippen LogP contribution in [0.4, 0.5) is 5.69 Å². The van der Waals surface area contributed by atoms with Crippen molar-refractivity contribution in [2.45, 2.75) is 23.6 Å². The number of nitro benzene ring substituents is 1. The normalized spacial score (nSPS) is 11.2. The topological polar surface area (TPSA) is 95.7 Å². The lowest BCUT2D eigenvalue weighted by Gasteiger charge is -2.17. The molecule has 0 aliphatic rings. The van der Waals surface area contributed by atoms with Gasteiger partial charge in [-0.25, -0.2) is 0 Å². The SMILES string of the molecule is CCOC(=O)C(C(=O)OCC)c1ccc(C(Cl)(Cl)Cl)cc1[N+](=O)[O-]. The molecule has 0 radical (unpaired) electrons. The van der Waals surface area contributed by atoms with Gasteiger partial charge in [-0.15, -0.1) is 0 Å². The highest BCUT2D eigenvalue weighted by molar-refractivity contribution is 6.66. The molecule has 0 aliphatic heterocycles. The standard InChI is InChI=1S/C14H14Cl3NO6/c1-3-23-12(19)11(13(20)24-4-2)9-6-5-8(14(15,16)17)7-10(9)18(21)22/h5-7,11H,3-4H2,1-2H3. The number of carbonyl (C=O) groups is 2. The molecule has 0 bridgehead atoms.